The molecule has 1 amide bonds. The molecule has 0 aliphatic rings. The molecule has 3 rings (SSSR count). The summed E-state index contributed by atoms with van der Waals surface area (Å²) >= 11 is 2.95. The number of rotatable bonds is 7. The standard InChI is InChI=1S/C16H16N6OS2/c17-15-21-22-16(25-15)24-9-8-12-6-7-13(20-19-12)18-14(23)10-11-4-2-1-3-5-11/h1-7H,8-10H2,(H2,17,21)(H,18,20,23). The van der Waals surface area contributed by atoms with E-state index in [0.29, 0.717) is 17.4 Å². The molecule has 0 atom stereocenters. The van der Waals surface area contributed by atoms with Gasteiger partial charge in [-0.3, -0.25) is 4.79 Å². The van der Waals surface area contributed by atoms with E-state index >= 15 is 0 Å². The average Bonchev–Trinajstić information content (AvgIpc) is 3.02. The molecule has 0 aliphatic carbocycles. The minimum Gasteiger partial charge on any atom is -0.374 e. The van der Waals surface area contributed by atoms with E-state index in [1.165, 1.54) is 11.3 Å². The number of thioether (sulfide) groups is 1. The van der Waals surface area contributed by atoms with Gasteiger partial charge in [-0.25, -0.2) is 0 Å². The molecule has 3 aromatic rings. The van der Waals surface area contributed by atoms with E-state index in [9.17, 15) is 4.79 Å². The Labute approximate surface area is 153 Å². The molecule has 128 valence electrons. The molecule has 0 fully saturated rings. The Morgan fingerprint density at radius 1 is 1.08 bits per heavy atom. The lowest BCUT2D eigenvalue weighted by Crippen LogP contribution is -2.15. The first-order valence-electron chi connectivity index (χ1n) is 7.57. The fourth-order valence-electron chi connectivity index (χ4n) is 2.05. The van der Waals surface area contributed by atoms with E-state index in [1.54, 1.807) is 17.8 Å². The van der Waals surface area contributed by atoms with Gasteiger partial charge in [0.15, 0.2) is 10.2 Å². The van der Waals surface area contributed by atoms with Crippen LogP contribution in [0.4, 0.5) is 10.9 Å². The van der Waals surface area contributed by atoms with Gasteiger partial charge in [0.1, 0.15) is 0 Å². The Balaban J connectivity index is 1.46. The number of nitrogens with one attached hydrogen (secondary N) is 1. The highest BCUT2D eigenvalue weighted by Crippen LogP contribution is 2.23. The van der Waals surface area contributed by atoms with Crippen LogP contribution < -0.4 is 11.1 Å². The number of aromatic nitrogens is 4. The zero-order chi connectivity index (χ0) is 17.5. The van der Waals surface area contributed by atoms with Gasteiger partial charge in [0, 0.05) is 12.2 Å². The number of hydrogen-bond acceptors (Lipinski definition) is 8. The third kappa shape index (κ3) is 5.50. The molecular weight excluding hydrogens is 356 g/mol. The van der Waals surface area contributed by atoms with Crippen LogP contribution in [0.3, 0.4) is 0 Å². The lowest BCUT2D eigenvalue weighted by Gasteiger charge is -2.05. The molecule has 25 heavy (non-hydrogen) atoms. The Morgan fingerprint density at radius 3 is 2.60 bits per heavy atom. The monoisotopic (exact) mass is 372 g/mol. The highest BCUT2D eigenvalue weighted by Gasteiger charge is 2.06. The number of nitrogens with zero attached hydrogens (tertiary/aromatic N) is 4. The molecule has 0 spiro atoms. The first kappa shape index (κ1) is 17.3. The zero-order valence-electron chi connectivity index (χ0n) is 13.3. The molecule has 0 radical (unpaired) electrons. The molecule has 0 unspecified atom stereocenters. The van der Waals surface area contributed by atoms with Crippen molar-refractivity contribution in [3.63, 3.8) is 0 Å². The summed E-state index contributed by atoms with van der Waals surface area (Å²) in [4.78, 5) is 12.0. The summed E-state index contributed by atoms with van der Waals surface area (Å²) in [6, 6.07) is 13.2. The molecule has 2 heterocycles. The van der Waals surface area contributed by atoms with Crippen molar-refractivity contribution in [1.82, 2.24) is 20.4 Å². The van der Waals surface area contributed by atoms with Gasteiger partial charge in [-0.05, 0) is 17.7 Å². The molecule has 0 aliphatic heterocycles. The van der Waals surface area contributed by atoms with Crippen molar-refractivity contribution < 1.29 is 4.79 Å². The first-order chi connectivity index (χ1) is 12.2. The zero-order valence-corrected chi connectivity index (χ0v) is 14.9. The second kappa shape index (κ2) is 8.54. The molecule has 2 aromatic heterocycles. The van der Waals surface area contributed by atoms with Gasteiger partial charge >= 0.3 is 0 Å². The average molecular weight is 372 g/mol. The Hall–Kier alpha value is -2.52. The summed E-state index contributed by atoms with van der Waals surface area (Å²) < 4.78 is 0.843. The van der Waals surface area contributed by atoms with Crippen LogP contribution in [0.15, 0.2) is 46.8 Å². The van der Waals surface area contributed by atoms with E-state index in [0.717, 1.165) is 27.8 Å². The van der Waals surface area contributed by atoms with Crippen LogP contribution in [0, 0.1) is 0 Å². The number of benzene rings is 1. The minimum absolute atomic E-state index is 0.113. The minimum atomic E-state index is -0.113. The summed E-state index contributed by atoms with van der Waals surface area (Å²) in [5.74, 6) is 1.15. The number of aryl methyl sites for hydroxylation is 1. The van der Waals surface area contributed by atoms with Crippen molar-refractivity contribution in [2.45, 2.75) is 17.2 Å². The summed E-state index contributed by atoms with van der Waals surface area (Å²) in [6.07, 6.45) is 1.06. The van der Waals surface area contributed by atoms with Crippen LogP contribution in [0.1, 0.15) is 11.3 Å². The second-order valence-electron chi connectivity index (χ2n) is 5.13. The third-order valence-corrected chi connectivity index (χ3v) is 5.09. The predicted octanol–water partition coefficient (Wildman–Crippen LogP) is 2.43. The van der Waals surface area contributed by atoms with Gasteiger partial charge in [-0.1, -0.05) is 53.4 Å². The van der Waals surface area contributed by atoms with Gasteiger partial charge in [-0.15, -0.1) is 15.3 Å². The highest BCUT2D eigenvalue weighted by molar-refractivity contribution is 8.01. The van der Waals surface area contributed by atoms with Crippen LogP contribution in [0.25, 0.3) is 0 Å². The number of carbonyl (C=O) groups excluding carboxylic acids is 1. The van der Waals surface area contributed by atoms with Crippen molar-refractivity contribution >= 4 is 40.0 Å². The second-order valence-corrected chi connectivity index (χ2v) is 7.48. The van der Waals surface area contributed by atoms with Gasteiger partial charge in [0.25, 0.3) is 0 Å². The SMILES string of the molecule is Nc1nnc(SCCc2ccc(NC(=O)Cc3ccccc3)nn2)s1. The molecule has 3 N–H and O–H groups in total. The Bertz CT molecular complexity index is 822. The first-order valence-corrected chi connectivity index (χ1v) is 9.37. The number of nitrogens with two attached hydrogens (primary N) is 1. The van der Waals surface area contributed by atoms with Crippen LogP contribution >= 0.6 is 23.1 Å². The maximum Gasteiger partial charge on any atom is 0.229 e. The number of anilines is 2. The lowest BCUT2D eigenvalue weighted by atomic mass is 10.1. The number of amides is 1. The largest absolute Gasteiger partial charge is 0.374 e. The molecule has 0 saturated heterocycles. The predicted molar refractivity (Wildman–Crippen MR) is 99.6 cm³/mol. The number of hydrogen-bond donors (Lipinski definition) is 2. The van der Waals surface area contributed by atoms with Crippen LogP contribution in [0.2, 0.25) is 0 Å². The number of nitrogen functional groups attached to an aromatic ring is 1. The van der Waals surface area contributed by atoms with Crippen molar-refractivity contribution in [3.05, 3.63) is 53.7 Å². The van der Waals surface area contributed by atoms with E-state index < -0.39 is 0 Å². The molecular formula is C16H16N6OS2. The smallest absolute Gasteiger partial charge is 0.229 e. The van der Waals surface area contributed by atoms with Gasteiger partial charge in [0.2, 0.25) is 11.0 Å². The summed E-state index contributed by atoms with van der Waals surface area (Å²) in [5, 5.41) is 19.1. The van der Waals surface area contributed by atoms with E-state index in [2.05, 4.69) is 25.7 Å². The van der Waals surface area contributed by atoms with Crippen molar-refractivity contribution in [2.24, 2.45) is 0 Å². The lowest BCUT2D eigenvalue weighted by molar-refractivity contribution is -0.115. The molecule has 0 bridgehead atoms. The summed E-state index contributed by atoms with van der Waals surface area (Å²) in [6.45, 7) is 0. The number of carbonyl (C=O) groups is 1. The maximum absolute atomic E-state index is 12.0. The van der Waals surface area contributed by atoms with Gasteiger partial charge in [0.05, 0.1) is 12.1 Å². The molecule has 9 heteroatoms. The highest BCUT2D eigenvalue weighted by atomic mass is 32.2. The van der Waals surface area contributed by atoms with Crippen LogP contribution in [0.5, 0.6) is 0 Å². The maximum atomic E-state index is 12.0. The van der Waals surface area contributed by atoms with E-state index in [-0.39, 0.29) is 5.91 Å². The van der Waals surface area contributed by atoms with E-state index in [4.69, 9.17) is 5.73 Å². The Kier molecular flexibility index (Phi) is 5.91. The van der Waals surface area contributed by atoms with Crippen LogP contribution in [-0.2, 0) is 17.6 Å². The third-order valence-electron chi connectivity index (χ3n) is 3.20. The van der Waals surface area contributed by atoms with Crippen molar-refractivity contribution in [1.29, 1.82) is 0 Å². The molecule has 7 nitrogen and oxygen atoms in total. The van der Waals surface area contributed by atoms with Crippen LogP contribution in [-0.4, -0.2) is 32.1 Å². The van der Waals surface area contributed by atoms with E-state index in [1.807, 2.05) is 36.4 Å². The quantitative estimate of drug-likeness (QED) is 0.613. The summed E-state index contributed by atoms with van der Waals surface area (Å²) in [5.41, 5.74) is 7.35. The topological polar surface area (TPSA) is 107 Å². The molecule has 1 aromatic carbocycles. The molecule has 0 saturated carbocycles. The fraction of sp³-hybridized carbons (Fsp3) is 0.188. The Morgan fingerprint density at radius 2 is 1.92 bits per heavy atom. The van der Waals surface area contributed by atoms with Crippen molar-refractivity contribution in [3.8, 4) is 0 Å². The summed E-state index contributed by atoms with van der Waals surface area (Å²) in [7, 11) is 0. The van der Waals surface area contributed by atoms with Gasteiger partial charge < -0.3 is 11.1 Å². The normalized spacial score (nSPS) is 10.6. The van der Waals surface area contributed by atoms with Crippen molar-refractivity contribution in [2.75, 3.05) is 16.8 Å². The fourth-order valence-corrected chi connectivity index (χ4v) is 3.72. The van der Waals surface area contributed by atoms with Gasteiger partial charge in [-0.2, -0.15) is 5.10 Å².